The van der Waals surface area contributed by atoms with E-state index in [9.17, 15) is 45.6 Å². The quantitative estimate of drug-likeness (QED) is 0.188. The average molecular weight is 671 g/mol. The Hall–Kier alpha value is -3.41. The first-order valence-electron chi connectivity index (χ1n) is 12.2. The van der Waals surface area contributed by atoms with E-state index in [1.165, 1.54) is 24.7 Å². The summed E-state index contributed by atoms with van der Waals surface area (Å²) in [6.45, 7) is 1.73. The number of hydrogen-bond acceptors (Lipinski definition) is 5. The fraction of sp³-hybridized carbons (Fsp3) is 0.346. The van der Waals surface area contributed by atoms with Gasteiger partial charge in [-0.25, -0.2) is 14.1 Å². The maximum Gasteiger partial charge on any atom is 0.435 e. The lowest BCUT2D eigenvalue weighted by atomic mass is 9.94. The van der Waals surface area contributed by atoms with Gasteiger partial charge in [-0.15, -0.1) is 0 Å². The maximum absolute atomic E-state index is 14.6. The minimum atomic E-state index is -6.38. The average Bonchev–Trinajstić information content (AvgIpc) is 3.54. The Kier molecular flexibility index (Phi) is 8.51. The minimum absolute atomic E-state index is 0.00244. The van der Waals surface area contributed by atoms with Crippen LogP contribution in [-0.4, -0.2) is 49.4 Å². The van der Waals surface area contributed by atoms with Gasteiger partial charge < -0.3 is 0 Å². The molecule has 0 unspecified atom stereocenters. The highest BCUT2D eigenvalue weighted by Crippen LogP contribution is 2.54. The number of benzene rings is 1. The number of pyridine rings is 1. The molecular formula is C26H17Cl3F7N5O2. The van der Waals surface area contributed by atoms with E-state index in [4.69, 9.17) is 34.8 Å². The van der Waals surface area contributed by atoms with Crippen LogP contribution in [0.1, 0.15) is 48.5 Å². The molecular weight excluding hydrogens is 654 g/mol. The Morgan fingerprint density at radius 2 is 1.58 bits per heavy atom. The van der Waals surface area contributed by atoms with E-state index in [0.717, 1.165) is 9.58 Å². The van der Waals surface area contributed by atoms with E-state index in [2.05, 4.69) is 10.1 Å². The number of imide groups is 1. The van der Waals surface area contributed by atoms with Gasteiger partial charge in [-0.3, -0.25) is 14.5 Å². The molecule has 1 aliphatic carbocycles. The number of aromatic nitrogens is 3. The van der Waals surface area contributed by atoms with Crippen LogP contribution in [0.3, 0.4) is 0 Å². The van der Waals surface area contributed by atoms with E-state index in [-0.39, 0.29) is 58.9 Å². The van der Waals surface area contributed by atoms with Crippen molar-refractivity contribution in [1.82, 2.24) is 19.7 Å². The summed E-state index contributed by atoms with van der Waals surface area (Å²) in [6, 6.07) is 3.58. The lowest BCUT2D eigenvalue weighted by Gasteiger charge is -2.30. The largest absolute Gasteiger partial charge is 0.435 e. The number of hydrogen-bond donors (Lipinski definition) is 0. The van der Waals surface area contributed by atoms with Crippen LogP contribution in [0.25, 0.3) is 16.8 Å². The first kappa shape index (κ1) is 32.5. The first-order chi connectivity index (χ1) is 19.9. The lowest BCUT2D eigenvalue weighted by Crippen LogP contribution is -2.50. The molecule has 228 valence electrons. The van der Waals surface area contributed by atoms with Crippen LogP contribution < -0.4 is 0 Å². The molecule has 0 bridgehead atoms. The molecule has 2 heterocycles. The zero-order valence-electron chi connectivity index (χ0n) is 21.6. The first-order valence-corrected chi connectivity index (χ1v) is 13.4. The SMILES string of the molecule is CCCC(=O)N(C(=O)c1cc(-c2cnn(-c3c(Cl)cc(C(F)(C(F)(F)F)C(F)(F)F)cc3Cl)c2)cnc1Cl)C1(C#N)CC1. The monoisotopic (exact) mass is 669 g/mol. The van der Waals surface area contributed by atoms with E-state index in [0.29, 0.717) is 6.42 Å². The van der Waals surface area contributed by atoms with Gasteiger partial charge in [0, 0.05) is 35.5 Å². The van der Waals surface area contributed by atoms with Gasteiger partial charge in [-0.2, -0.15) is 36.7 Å². The van der Waals surface area contributed by atoms with Crippen molar-refractivity contribution in [2.24, 2.45) is 0 Å². The topological polar surface area (TPSA) is 91.9 Å². The van der Waals surface area contributed by atoms with Crippen LogP contribution in [0, 0.1) is 11.3 Å². The summed E-state index contributed by atoms with van der Waals surface area (Å²) in [5.74, 6) is -1.42. The third-order valence-electron chi connectivity index (χ3n) is 6.69. The molecule has 17 heteroatoms. The fourth-order valence-electron chi connectivity index (χ4n) is 4.32. The fourth-order valence-corrected chi connectivity index (χ4v) is 5.16. The van der Waals surface area contributed by atoms with Gasteiger partial charge in [0.2, 0.25) is 5.91 Å². The second-order valence-electron chi connectivity index (χ2n) is 9.61. The summed E-state index contributed by atoms with van der Waals surface area (Å²) in [7, 11) is 0. The molecule has 0 saturated heterocycles. The molecule has 4 rings (SSSR count). The third kappa shape index (κ3) is 5.65. The standard InChI is InChI=1S/C26H17Cl3F7N5O2/c1-2-3-19(42)41(23(12-37)4-5-23)22(43)16-6-13(9-38-21(16)29)14-10-39-40(11-14)20-17(27)7-15(8-18(20)28)24(30,25(31,32)33)26(34,35)36/h6-11H,2-5H2,1H3. The van der Waals surface area contributed by atoms with E-state index in [1.807, 2.05) is 6.07 Å². The van der Waals surface area contributed by atoms with Crippen molar-refractivity contribution in [3.8, 4) is 22.9 Å². The highest BCUT2D eigenvalue weighted by Gasteiger charge is 2.73. The second-order valence-corrected chi connectivity index (χ2v) is 10.8. The third-order valence-corrected chi connectivity index (χ3v) is 7.56. The number of nitriles is 1. The lowest BCUT2D eigenvalue weighted by molar-refractivity contribution is -0.348. The van der Waals surface area contributed by atoms with Crippen LogP contribution in [0.15, 0.2) is 36.8 Å². The van der Waals surface area contributed by atoms with Crippen molar-refractivity contribution in [1.29, 1.82) is 5.26 Å². The molecule has 0 N–H and O–H groups in total. The van der Waals surface area contributed by atoms with Crippen LogP contribution in [0.2, 0.25) is 15.2 Å². The minimum Gasteiger partial charge on any atom is -0.274 e. The molecule has 1 fully saturated rings. The maximum atomic E-state index is 14.6. The molecule has 2 aromatic heterocycles. The molecule has 0 aliphatic heterocycles. The predicted molar refractivity (Wildman–Crippen MR) is 140 cm³/mol. The van der Waals surface area contributed by atoms with Crippen LogP contribution in [0.4, 0.5) is 30.7 Å². The van der Waals surface area contributed by atoms with E-state index >= 15 is 0 Å². The predicted octanol–water partition coefficient (Wildman–Crippen LogP) is 8.01. The Morgan fingerprint density at radius 3 is 2.07 bits per heavy atom. The summed E-state index contributed by atoms with van der Waals surface area (Å²) in [5, 5.41) is 11.8. The molecule has 1 saturated carbocycles. The molecule has 1 aromatic carbocycles. The zero-order valence-corrected chi connectivity index (χ0v) is 23.9. The Morgan fingerprint density at radius 1 is 1.00 bits per heavy atom. The highest BCUT2D eigenvalue weighted by molar-refractivity contribution is 6.38. The second kappa shape index (κ2) is 11.3. The Balaban J connectivity index is 1.73. The van der Waals surface area contributed by atoms with Gasteiger partial charge in [-0.05, 0) is 37.5 Å². The van der Waals surface area contributed by atoms with Crippen molar-refractivity contribution in [2.45, 2.75) is 56.2 Å². The van der Waals surface area contributed by atoms with Crippen molar-refractivity contribution >= 4 is 46.6 Å². The molecule has 3 aromatic rings. The summed E-state index contributed by atoms with van der Waals surface area (Å²) < 4.78 is 94.8. The smallest absolute Gasteiger partial charge is 0.274 e. The number of amides is 2. The van der Waals surface area contributed by atoms with Gasteiger partial charge >= 0.3 is 18.0 Å². The van der Waals surface area contributed by atoms with Gasteiger partial charge in [0.05, 0.1) is 27.9 Å². The van der Waals surface area contributed by atoms with Crippen molar-refractivity contribution < 1.29 is 40.3 Å². The summed E-state index contributed by atoms with van der Waals surface area (Å²) >= 11 is 18.1. The zero-order chi connectivity index (χ0) is 32.1. The van der Waals surface area contributed by atoms with Gasteiger partial charge in [0.1, 0.15) is 16.4 Å². The Labute approximate surface area is 253 Å². The number of alkyl halides is 7. The summed E-state index contributed by atoms with van der Waals surface area (Å²) in [5.41, 5.74) is -9.12. The number of carbonyl (C=O) groups is 2. The van der Waals surface area contributed by atoms with Crippen LogP contribution >= 0.6 is 34.8 Å². The molecule has 0 spiro atoms. The van der Waals surface area contributed by atoms with Crippen molar-refractivity contribution in [3.05, 3.63) is 63.1 Å². The van der Waals surface area contributed by atoms with Crippen LogP contribution in [-0.2, 0) is 10.5 Å². The van der Waals surface area contributed by atoms with E-state index < -0.39 is 51.0 Å². The Bertz CT molecular complexity index is 1610. The van der Waals surface area contributed by atoms with Gasteiger partial charge in [0.15, 0.2) is 0 Å². The van der Waals surface area contributed by atoms with E-state index in [1.54, 1.807) is 6.92 Å². The van der Waals surface area contributed by atoms with Crippen molar-refractivity contribution in [2.75, 3.05) is 0 Å². The molecule has 1 aliphatic rings. The van der Waals surface area contributed by atoms with Crippen molar-refractivity contribution in [3.63, 3.8) is 0 Å². The normalized spacial score (nSPS) is 14.7. The molecule has 0 atom stereocenters. The van der Waals surface area contributed by atoms with Crippen LogP contribution in [0.5, 0.6) is 0 Å². The molecule has 43 heavy (non-hydrogen) atoms. The number of nitrogens with zero attached hydrogens (tertiary/aromatic N) is 5. The molecule has 7 nitrogen and oxygen atoms in total. The summed E-state index contributed by atoms with van der Waals surface area (Å²) in [6.07, 6.45) is -8.14. The summed E-state index contributed by atoms with van der Waals surface area (Å²) in [4.78, 5) is 31.1. The highest BCUT2D eigenvalue weighted by atomic mass is 35.5. The van der Waals surface area contributed by atoms with Gasteiger partial charge in [0.25, 0.3) is 5.91 Å². The number of rotatable bonds is 7. The number of carbonyl (C=O) groups excluding carboxylic acids is 2. The van der Waals surface area contributed by atoms with Gasteiger partial charge in [-0.1, -0.05) is 41.7 Å². The number of halogens is 10. The molecule has 2 amide bonds. The molecule has 0 radical (unpaired) electrons.